The Labute approximate surface area is 128 Å². The molecule has 0 spiro atoms. The monoisotopic (exact) mass is 294 g/mol. The first-order chi connectivity index (χ1) is 9.42. The van der Waals surface area contributed by atoms with Crippen LogP contribution in [0.4, 0.5) is 0 Å². The van der Waals surface area contributed by atoms with Crippen molar-refractivity contribution < 1.29 is 0 Å². The van der Waals surface area contributed by atoms with Crippen molar-refractivity contribution in [2.45, 2.75) is 46.2 Å². The van der Waals surface area contributed by atoms with Crippen molar-refractivity contribution in [2.24, 2.45) is 5.41 Å². The molecule has 112 valence electrons. The highest BCUT2D eigenvalue weighted by molar-refractivity contribution is 6.30. The van der Waals surface area contributed by atoms with Gasteiger partial charge in [-0.15, -0.1) is 0 Å². The van der Waals surface area contributed by atoms with Crippen molar-refractivity contribution in [1.29, 1.82) is 0 Å². The molecule has 1 atom stereocenters. The maximum Gasteiger partial charge on any atom is 0.0409 e. The minimum atomic E-state index is 0.356. The summed E-state index contributed by atoms with van der Waals surface area (Å²) >= 11 is 6.06. The maximum atomic E-state index is 6.06. The van der Waals surface area contributed by atoms with E-state index in [4.69, 9.17) is 11.6 Å². The second kappa shape index (κ2) is 6.93. The van der Waals surface area contributed by atoms with Gasteiger partial charge in [0.25, 0.3) is 0 Å². The van der Waals surface area contributed by atoms with E-state index in [0.29, 0.717) is 11.5 Å². The van der Waals surface area contributed by atoms with Gasteiger partial charge in [0.05, 0.1) is 0 Å². The topological polar surface area (TPSA) is 15.3 Å². The van der Waals surface area contributed by atoms with Gasteiger partial charge in [-0.25, -0.2) is 0 Å². The molecule has 20 heavy (non-hydrogen) atoms. The Kier molecular flexibility index (Phi) is 5.48. The fourth-order valence-corrected chi connectivity index (χ4v) is 2.92. The van der Waals surface area contributed by atoms with Gasteiger partial charge in [-0.1, -0.05) is 44.5 Å². The Morgan fingerprint density at radius 1 is 1.35 bits per heavy atom. The lowest BCUT2D eigenvalue weighted by molar-refractivity contribution is 0.175. The summed E-state index contributed by atoms with van der Waals surface area (Å²) in [4.78, 5) is 2.54. The average Bonchev–Trinajstić information content (AvgIpc) is 2.36. The molecule has 0 bridgehead atoms. The Hall–Kier alpha value is -0.570. The van der Waals surface area contributed by atoms with Crippen LogP contribution in [0, 0.1) is 5.41 Å². The first kappa shape index (κ1) is 15.8. The number of benzene rings is 1. The van der Waals surface area contributed by atoms with Crippen molar-refractivity contribution in [3.05, 3.63) is 34.9 Å². The molecule has 0 amide bonds. The molecule has 1 aromatic rings. The first-order valence-corrected chi connectivity index (χ1v) is 8.00. The highest BCUT2D eigenvalue weighted by atomic mass is 35.5. The van der Waals surface area contributed by atoms with E-state index in [9.17, 15) is 0 Å². The van der Waals surface area contributed by atoms with E-state index in [1.165, 1.54) is 24.9 Å². The molecule has 1 heterocycles. The fourth-order valence-electron chi connectivity index (χ4n) is 2.71. The third kappa shape index (κ3) is 5.43. The average molecular weight is 295 g/mol. The molecule has 1 saturated heterocycles. The Morgan fingerprint density at radius 2 is 2.15 bits per heavy atom. The van der Waals surface area contributed by atoms with Crippen LogP contribution in [0.1, 0.15) is 39.2 Å². The smallest absolute Gasteiger partial charge is 0.0409 e. The molecule has 2 rings (SSSR count). The Bertz CT molecular complexity index is 425. The second-order valence-electron chi connectivity index (χ2n) is 7.15. The van der Waals surface area contributed by atoms with Gasteiger partial charge in [-0.2, -0.15) is 0 Å². The fraction of sp³-hybridized carbons (Fsp3) is 0.647. The zero-order valence-corrected chi connectivity index (χ0v) is 13.7. The number of likely N-dealkylation sites (tertiary alicyclic amines) is 1. The lowest BCUT2D eigenvalue weighted by Gasteiger charge is -2.34. The normalized spacial score (nSPS) is 21.1. The molecule has 0 aliphatic carbocycles. The largest absolute Gasteiger partial charge is 0.312 e. The summed E-state index contributed by atoms with van der Waals surface area (Å²) in [6.45, 7) is 11.3. The van der Waals surface area contributed by atoms with Crippen molar-refractivity contribution >= 4 is 11.6 Å². The van der Waals surface area contributed by atoms with E-state index in [0.717, 1.165) is 24.7 Å². The minimum absolute atomic E-state index is 0.356. The van der Waals surface area contributed by atoms with Crippen LogP contribution in [0.15, 0.2) is 24.3 Å². The SMILES string of the molecule is CC(C)(C)CNC1CCCN(Cc2cccc(Cl)c2)C1. The molecule has 0 radical (unpaired) electrons. The molecule has 1 fully saturated rings. The summed E-state index contributed by atoms with van der Waals surface area (Å²) in [6, 6.07) is 8.85. The molecule has 1 aromatic carbocycles. The summed E-state index contributed by atoms with van der Waals surface area (Å²) in [5, 5.41) is 4.56. The van der Waals surface area contributed by atoms with Crippen LogP contribution < -0.4 is 5.32 Å². The molecule has 1 N–H and O–H groups in total. The zero-order valence-electron chi connectivity index (χ0n) is 13.0. The molecule has 0 aromatic heterocycles. The van der Waals surface area contributed by atoms with Crippen LogP contribution in [0.5, 0.6) is 0 Å². The highest BCUT2D eigenvalue weighted by Crippen LogP contribution is 2.18. The van der Waals surface area contributed by atoms with Gasteiger partial charge in [0.1, 0.15) is 0 Å². The molecule has 3 heteroatoms. The van der Waals surface area contributed by atoms with Gasteiger partial charge in [-0.05, 0) is 42.5 Å². The molecular weight excluding hydrogens is 268 g/mol. The van der Waals surface area contributed by atoms with Gasteiger partial charge in [0, 0.05) is 30.7 Å². The van der Waals surface area contributed by atoms with E-state index in [2.05, 4.69) is 43.1 Å². The van der Waals surface area contributed by atoms with Gasteiger partial charge >= 0.3 is 0 Å². The second-order valence-corrected chi connectivity index (χ2v) is 7.58. The van der Waals surface area contributed by atoms with Crippen molar-refractivity contribution in [1.82, 2.24) is 10.2 Å². The van der Waals surface area contributed by atoms with Crippen LogP contribution in [0.25, 0.3) is 0 Å². The van der Waals surface area contributed by atoms with Crippen LogP contribution >= 0.6 is 11.6 Å². The summed E-state index contributed by atoms with van der Waals surface area (Å²) in [7, 11) is 0. The maximum absolute atomic E-state index is 6.06. The van der Waals surface area contributed by atoms with Crippen molar-refractivity contribution in [2.75, 3.05) is 19.6 Å². The van der Waals surface area contributed by atoms with Gasteiger partial charge in [0.15, 0.2) is 0 Å². The quantitative estimate of drug-likeness (QED) is 0.905. The number of hydrogen-bond acceptors (Lipinski definition) is 2. The third-order valence-electron chi connectivity index (χ3n) is 3.72. The van der Waals surface area contributed by atoms with Crippen LogP contribution in [-0.2, 0) is 6.54 Å². The van der Waals surface area contributed by atoms with Crippen LogP contribution in [-0.4, -0.2) is 30.6 Å². The minimum Gasteiger partial charge on any atom is -0.312 e. The predicted octanol–water partition coefficient (Wildman–Crippen LogP) is 3.94. The third-order valence-corrected chi connectivity index (χ3v) is 3.96. The number of nitrogens with one attached hydrogen (secondary N) is 1. The number of rotatable bonds is 4. The Balaban J connectivity index is 1.84. The predicted molar refractivity (Wildman–Crippen MR) is 87.2 cm³/mol. The van der Waals surface area contributed by atoms with E-state index in [-0.39, 0.29) is 0 Å². The number of nitrogens with zero attached hydrogens (tertiary/aromatic N) is 1. The number of piperidine rings is 1. The lowest BCUT2D eigenvalue weighted by Crippen LogP contribution is -2.47. The zero-order chi connectivity index (χ0) is 14.6. The van der Waals surface area contributed by atoms with E-state index >= 15 is 0 Å². The molecule has 0 saturated carbocycles. The van der Waals surface area contributed by atoms with E-state index in [1.807, 2.05) is 12.1 Å². The van der Waals surface area contributed by atoms with E-state index in [1.54, 1.807) is 0 Å². The van der Waals surface area contributed by atoms with Crippen LogP contribution in [0.2, 0.25) is 5.02 Å². The van der Waals surface area contributed by atoms with Gasteiger partial charge < -0.3 is 5.32 Å². The summed E-state index contributed by atoms with van der Waals surface area (Å²) in [5.41, 5.74) is 1.67. The molecule has 1 unspecified atom stereocenters. The molecule has 1 aliphatic heterocycles. The summed E-state index contributed by atoms with van der Waals surface area (Å²) in [6.07, 6.45) is 2.57. The lowest BCUT2D eigenvalue weighted by atomic mass is 9.95. The number of halogens is 1. The van der Waals surface area contributed by atoms with Gasteiger partial charge in [0.2, 0.25) is 0 Å². The standard InChI is InChI=1S/C17H27ClN2/c1-17(2,3)13-19-16-8-5-9-20(12-16)11-14-6-4-7-15(18)10-14/h4,6-7,10,16,19H,5,8-9,11-13H2,1-3H3. The van der Waals surface area contributed by atoms with Gasteiger partial charge in [-0.3, -0.25) is 4.90 Å². The van der Waals surface area contributed by atoms with E-state index < -0.39 is 0 Å². The van der Waals surface area contributed by atoms with Crippen LogP contribution in [0.3, 0.4) is 0 Å². The molecule has 1 aliphatic rings. The Morgan fingerprint density at radius 3 is 2.85 bits per heavy atom. The molecular formula is C17H27ClN2. The van der Waals surface area contributed by atoms with Crippen molar-refractivity contribution in [3.63, 3.8) is 0 Å². The highest BCUT2D eigenvalue weighted by Gasteiger charge is 2.21. The summed E-state index contributed by atoms with van der Waals surface area (Å²) < 4.78 is 0. The first-order valence-electron chi connectivity index (χ1n) is 7.62. The van der Waals surface area contributed by atoms with Crippen molar-refractivity contribution in [3.8, 4) is 0 Å². The molecule has 2 nitrogen and oxygen atoms in total. The number of hydrogen-bond donors (Lipinski definition) is 1. The summed E-state index contributed by atoms with van der Waals surface area (Å²) in [5.74, 6) is 0.